The van der Waals surface area contributed by atoms with E-state index in [0.717, 1.165) is 23.4 Å². The molecule has 0 unspecified atom stereocenters. The maximum atomic E-state index is 12.2. The number of thioether (sulfide) groups is 1. The number of ether oxygens (including phenoxy) is 1. The van der Waals surface area contributed by atoms with Crippen molar-refractivity contribution in [3.8, 4) is 22.7 Å². The van der Waals surface area contributed by atoms with Gasteiger partial charge in [-0.25, -0.2) is 9.78 Å². The van der Waals surface area contributed by atoms with Crippen molar-refractivity contribution in [1.29, 1.82) is 0 Å². The van der Waals surface area contributed by atoms with Crippen LogP contribution in [0.15, 0.2) is 66.0 Å². The van der Waals surface area contributed by atoms with E-state index in [1.807, 2.05) is 66.1 Å². The number of aromatic nitrogens is 2. The average Bonchev–Trinajstić information content (AvgIpc) is 3.20. The van der Waals surface area contributed by atoms with Crippen LogP contribution in [0.5, 0.6) is 5.75 Å². The lowest BCUT2D eigenvalue weighted by atomic mass is 10.1. The standard InChI is InChI=1S/C22H24N4O3S/c1-3-13-23-21(28)25-20(27)15-30-22-24-14-18(16-9-5-4-6-10-16)26(22)17-11-7-8-12-19(17)29-2/h4-12,14H,3,13,15H2,1-2H3,(H2,23,25,27,28). The molecule has 0 saturated carbocycles. The molecule has 2 N–H and O–H groups in total. The number of amides is 3. The molecular weight excluding hydrogens is 400 g/mol. The lowest BCUT2D eigenvalue weighted by Gasteiger charge is -2.15. The fourth-order valence-electron chi connectivity index (χ4n) is 2.87. The number of hydrogen-bond donors (Lipinski definition) is 2. The van der Waals surface area contributed by atoms with Gasteiger partial charge in [0.2, 0.25) is 5.91 Å². The van der Waals surface area contributed by atoms with Gasteiger partial charge in [-0.15, -0.1) is 0 Å². The molecule has 7 nitrogen and oxygen atoms in total. The van der Waals surface area contributed by atoms with Gasteiger partial charge in [0.25, 0.3) is 0 Å². The third-order valence-electron chi connectivity index (χ3n) is 4.25. The minimum absolute atomic E-state index is 0.0555. The third kappa shape index (κ3) is 5.21. The van der Waals surface area contributed by atoms with Crippen molar-refractivity contribution < 1.29 is 14.3 Å². The van der Waals surface area contributed by atoms with Crippen LogP contribution >= 0.6 is 11.8 Å². The Morgan fingerprint density at radius 2 is 1.83 bits per heavy atom. The van der Waals surface area contributed by atoms with Gasteiger partial charge in [-0.1, -0.05) is 61.2 Å². The van der Waals surface area contributed by atoms with E-state index >= 15 is 0 Å². The number of carbonyl (C=O) groups is 2. The van der Waals surface area contributed by atoms with E-state index in [4.69, 9.17) is 4.74 Å². The summed E-state index contributed by atoms with van der Waals surface area (Å²) < 4.78 is 7.50. The maximum Gasteiger partial charge on any atom is 0.321 e. The number of imidazole rings is 1. The minimum Gasteiger partial charge on any atom is -0.495 e. The summed E-state index contributed by atoms with van der Waals surface area (Å²) in [6.07, 6.45) is 2.57. The van der Waals surface area contributed by atoms with Crippen molar-refractivity contribution in [2.45, 2.75) is 18.5 Å². The van der Waals surface area contributed by atoms with E-state index in [1.165, 1.54) is 11.8 Å². The number of rotatable bonds is 8. The molecule has 0 aliphatic rings. The first-order valence-corrected chi connectivity index (χ1v) is 10.6. The zero-order chi connectivity index (χ0) is 21.3. The summed E-state index contributed by atoms with van der Waals surface area (Å²) >= 11 is 1.25. The van der Waals surface area contributed by atoms with Gasteiger partial charge in [-0.2, -0.15) is 0 Å². The van der Waals surface area contributed by atoms with Gasteiger partial charge in [-0.05, 0) is 18.6 Å². The predicted octanol–water partition coefficient (Wildman–Crippen LogP) is 3.88. The Hall–Kier alpha value is -3.26. The number of methoxy groups -OCH3 is 1. The van der Waals surface area contributed by atoms with Crippen molar-refractivity contribution in [3.63, 3.8) is 0 Å². The molecule has 0 aliphatic carbocycles. The highest BCUT2D eigenvalue weighted by molar-refractivity contribution is 7.99. The van der Waals surface area contributed by atoms with E-state index in [2.05, 4.69) is 15.6 Å². The minimum atomic E-state index is -0.486. The second-order valence-corrected chi connectivity index (χ2v) is 7.33. The number of hydrogen-bond acceptors (Lipinski definition) is 5. The number of urea groups is 1. The molecule has 0 bridgehead atoms. The van der Waals surface area contributed by atoms with Crippen LogP contribution in [0.1, 0.15) is 13.3 Å². The molecule has 0 fully saturated rings. The van der Waals surface area contributed by atoms with Gasteiger partial charge >= 0.3 is 6.03 Å². The Morgan fingerprint density at radius 1 is 1.10 bits per heavy atom. The molecule has 1 aromatic heterocycles. The summed E-state index contributed by atoms with van der Waals surface area (Å²) in [4.78, 5) is 28.4. The summed E-state index contributed by atoms with van der Waals surface area (Å²) in [5.41, 5.74) is 2.69. The van der Waals surface area contributed by atoms with Gasteiger partial charge in [-0.3, -0.25) is 14.7 Å². The topological polar surface area (TPSA) is 85.3 Å². The van der Waals surface area contributed by atoms with E-state index in [9.17, 15) is 9.59 Å². The molecular formula is C22H24N4O3S. The number of benzene rings is 2. The zero-order valence-electron chi connectivity index (χ0n) is 16.9. The van der Waals surface area contributed by atoms with Crippen LogP contribution in [0, 0.1) is 0 Å². The van der Waals surface area contributed by atoms with Crippen molar-refractivity contribution in [2.24, 2.45) is 0 Å². The van der Waals surface area contributed by atoms with Crippen LogP contribution < -0.4 is 15.4 Å². The number of nitrogens with zero attached hydrogens (tertiary/aromatic N) is 2. The molecule has 0 radical (unpaired) electrons. The van der Waals surface area contributed by atoms with E-state index in [0.29, 0.717) is 17.5 Å². The second-order valence-electron chi connectivity index (χ2n) is 6.39. The molecule has 0 spiro atoms. The molecule has 3 rings (SSSR count). The van der Waals surface area contributed by atoms with E-state index < -0.39 is 6.03 Å². The Labute approximate surface area is 179 Å². The smallest absolute Gasteiger partial charge is 0.321 e. The van der Waals surface area contributed by atoms with Crippen molar-refractivity contribution in [2.75, 3.05) is 19.4 Å². The van der Waals surface area contributed by atoms with Crippen LogP contribution in [-0.4, -0.2) is 40.9 Å². The van der Waals surface area contributed by atoms with Crippen LogP contribution in [0.4, 0.5) is 4.79 Å². The number of para-hydroxylation sites is 2. The lowest BCUT2D eigenvalue weighted by molar-refractivity contribution is -0.117. The van der Waals surface area contributed by atoms with Crippen LogP contribution in [-0.2, 0) is 4.79 Å². The second kappa shape index (κ2) is 10.5. The van der Waals surface area contributed by atoms with Crippen molar-refractivity contribution in [3.05, 3.63) is 60.8 Å². The van der Waals surface area contributed by atoms with Gasteiger partial charge in [0.05, 0.1) is 30.4 Å². The van der Waals surface area contributed by atoms with Gasteiger partial charge in [0, 0.05) is 12.1 Å². The summed E-state index contributed by atoms with van der Waals surface area (Å²) in [5, 5.41) is 5.58. The molecule has 2 aromatic carbocycles. The summed E-state index contributed by atoms with van der Waals surface area (Å²) in [7, 11) is 1.62. The molecule has 156 valence electrons. The highest BCUT2D eigenvalue weighted by Crippen LogP contribution is 2.33. The predicted molar refractivity (Wildman–Crippen MR) is 118 cm³/mol. The first-order chi connectivity index (χ1) is 14.6. The molecule has 1 heterocycles. The quantitative estimate of drug-likeness (QED) is 0.536. The first kappa shape index (κ1) is 21.4. The maximum absolute atomic E-state index is 12.2. The summed E-state index contributed by atoms with van der Waals surface area (Å²) in [5.74, 6) is 0.363. The lowest BCUT2D eigenvalue weighted by Crippen LogP contribution is -2.40. The zero-order valence-corrected chi connectivity index (χ0v) is 17.7. The molecule has 3 amide bonds. The summed E-state index contributed by atoms with van der Waals surface area (Å²) in [6, 6.07) is 17.0. The molecule has 0 saturated heterocycles. The normalized spacial score (nSPS) is 10.5. The van der Waals surface area contributed by atoms with Crippen LogP contribution in [0.2, 0.25) is 0 Å². The Morgan fingerprint density at radius 3 is 2.57 bits per heavy atom. The number of carbonyl (C=O) groups excluding carboxylic acids is 2. The van der Waals surface area contributed by atoms with Crippen LogP contribution in [0.3, 0.4) is 0 Å². The van der Waals surface area contributed by atoms with E-state index in [-0.39, 0.29) is 11.7 Å². The monoisotopic (exact) mass is 424 g/mol. The van der Waals surface area contributed by atoms with Gasteiger partial charge in [0.1, 0.15) is 5.75 Å². The van der Waals surface area contributed by atoms with Gasteiger partial charge in [0.15, 0.2) is 5.16 Å². The molecule has 0 atom stereocenters. The summed E-state index contributed by atoms with van der Waals surface area (Å²) in [6.45, 7) is 2.46. The Balaban J connectivity index is 1.87. The highest BCUT2D eigenvalue weighted by atomic mass is 32.2. The van der Waals surface area contributed by atoms with Crippen molar-refractivity contribution >= 4 is 23.7 Å². The number of imide groups is 1. The molecule has 8 heteroatoms. The fraction of sp³-hybridized carbons (Fsp3) is 0.227. The average molecular weight is 425 g/mol. The highest BCUT2D eigenvalue weighted by Gasteiger charge is 2.18. The Bertz CT molecular complexity index is 1000. The fourth-order valence-corrected chi connectivity index (χ4v) is 3.66. The number of nitrogens with one attached hydrogen (secondary N) is 2. The molecule has 0 aliphatic heterocycles. The SMILES string of the molecule is CCCNC(=O)NC(=O)CSc1ncc(-c2ccccc2)n1-c1ccccc1OC. The van der Waals surface area contributed by atoms with Gasteiger partial charge < -0.3 is 10.1 Å². The Kier molecular flexibility index (Phi) is 7.51. The largest absolute Gasteiger partial charge is 0.495 e. The molecule has 3 aromatic rings. The molecule has 30 heavy (non-hydrogen) atoms. The van der Waals surface area contributed by atoms with Crippen molar-refractivity contribution in [1.82, 2.24) is 20.2 Å². The third-order valence-corrected chi connectivity index (χ3v) is 5.20. The van der Waals surface area contributed by atoms with E-state index in [1.54, 1.807) is 13.3 Å². The first-order valence-electron chi connectivity index (χ1n) is 9.61. The van der Waals surface area contributed by atoms with Crippen LogP contribution in [0.25, 0.3) is 16.9 Å².